The van der Waals surface area contributed by atoms with Gasteiger partial charge in [0.25, 0.3) is 0 Å². The first-order valence-corrected chi connectivity index (χ1v) is 9.81. The number of fused-ring (bicyclic) bond motifs is 1. The number of nitrogens with one attached hydrogen (secondary N) is 1. The van der Waals surface area contributed by atoms with Crippen molar-refractivity contribution >= 4 is 16.0 Å². The van der Waals surface area contributed by atoms with Crippen molar-refractivity contribution in [2.75, 3.05) is 7.11 Å². The van der Waals surface area contributed by atoms with Crippen LogP contribution in [-0.2, 0) is 32.6 Å². The molecule has 2 aromatic rings. The van der Waals surface area contributed by atoms with E-state index in [1.54, 1.807) is 50.2 Å². The molecule has 0 unspecified atom stereocenters. The molecule has 0 amide bonds. The fraction of sp³-hybridized carbons (Fsp3) is 0.316. The zero-order valence-electron chi connectivity index (χ0n) is 15.3. The van der Waals surface area contributed by atoms with E-state index in [1.165, 1.54) is 13.2 Å². The fourth-order valence-electron chi connectivity index (χ4n) is 2.62. The van der Waals surface area contributed by atoms with E-state index in [0.717, 1.165) is 5.56 Å². The molecule has 0 bridgehead atoms. The minimum atomic E-state index is -3.70. The predicted octanol–water partition coefficient (Wildman–Crippen LogP) is 2.60. The third-order valence-corrected chi connectivity index (χ3v) is 5.51. The molecule has 0 saturated carbocycles. The largest absolute Gasteiger partial charge is 0.465 e. The van der Waals surface area contributed by atoms with Gasteiger partial charge in [-0.05, 0) is 35.9 Å². The van der Waals surface area contributed by atoms with Gasteiger partial charge in [0.15, 0.2) is 0 Å². The lowest BCUT2D eigenvalue weighted by atomic mass is 10.1. The molecular weight excluding hydrogens is 370 g/mol. The molecule has 8 heteroatoms. The highest BCUT2D eigenvalue weighted by Gasteiger charge is 2.28. The normalized spacial score (nSPS) is 15.5. The fourth-order valence-corrected chi connectivity index (χ4v) is 3.69. The Morgan fingerprint density at radius 2 is 1.89 bits per heavy atom. The van der Waals surface area contributed by atoms with Crippen LogP contribution in [0.3, 0.4) is 0 Å². The first kappa shape index (κ1) is 19.3. The summed E-state index contributed by atoms with van der Waals surface area (Å²) in [6.07, 6.45) is 0. The Labute approximate surface area is 158 Å². The molecule has 0 aromatic heterocycles. The number of methoxy groups -OCH3 is 1. The second kappa shape index (κ2) is 7.30. The summed E-state index contributed by atoms with van der Waals surface area (Å²) < 4.78 is 43.6. The monoisotopic (exact) mass is 391 g/mol. The summed E-state index contributed by atoms with van der Waals surface area (Å²) in [5.41, 5.74) is 1.80. The zero-order valence-corrected chi connectivity index (χ0v) is 16.1. The SMILES string of the molecule is COC(=O)c1ccc(CNS(=O)(=O)c2ccc3c(c2)COC(C)(C)O3)cc1. The van der Waals surface area contributed by atoms with Crippen molar-refractivity contribution in [2.45, 2.75) is 37.7 Å². The lowest BCUT2D eigenvalue weighted by Gasteiger charge is -2.32. The Bertz CT molecular complexity index is 951. The number of benzene rings is 2. The maximum atomic E-state index is 12.6. The Kier molecular flexibility index (Phi) is 5.23. The Balaban J connectivity index is 1.71. The van der Waals surface area contributed by atoms with E-state index in [1.807, 2.05) is 0 Å². The van der Waals surface area contributed by atoms with E-state index in [9.17, 15) is 13.2 Å². The smallest absolute Gasteiger partial charge is 0.337 e. The van der Waals surface area contributed by atoms with Gasteiger partial charge in [-0.25, -0.2) is 17.9 Å². The molecule has 0 saturated heterocycles. The Hall–Kier alpha value is -2.42. The third kappa shape index (κ3) is 4.47. The zero-order chi connectivity index (χ0) is 19.7. The predicted molar refractivity (Wildman–Crippen MR) is 97.7 cm³/mol. The summed E-state index contributed by atoms with van der Waals surface area (Å²) in [6, 6.07) is 11.2. The van der Waals surface area contributed by atoms with E-state index in [4.69, 9.17) is 9.47 Å². The highest BCUT2D eigenvalue weighted by atomic mass is 32.2. The van der Waals surface area contributed by atoms with Crippen LogP contribution in [0.1, 0.15) is 35.3 Å². The molecule has 0 radical (unpaired) electrons. The molecule has 0 atom stereocenters. The van der Waals surface area contributed by atoms with Crippen molar-refractivity contribution in [1.82, 2.24) is 4.72 Å². The maximum absolute atomic E-state index is 12.6. The molecule has 3 rings (SSSR count). The van der Waals surface area contributed by atoms with Gasteiger partial charge in [-0.1, -0.05) is 12.1 Å². The second-order valence-corrected chi connectivity index (χ2v) is 8.34. The molecule has 27 heavy (non-hydrogen) atoms. The number of esters is 1. The summed E-state index contributed by atoms with van der Waals surface area (Å²) in [5, 5.41) is 0. The summed E-state index contributed by atoms with van der Waals surface area (Å²) in [6.45, 7) is 3.98. The minimum Gasteiger partial charge on any atom is -0.465 e. The van der Waals surface area contributed by atoms with Crippen LogP contribution in [-0.4, -0.2) is 27.3 Å². The van der Waals surface area contributed by atoms with Gasteiger partial charge in [0.05, 0.1) is 24.2 Å². The van der Waals surface area contributed by atoms with Gasteiger partial charge >= 0.3 is 5.97 Å². The maximum Gasteiger partial charge on any atom is 0.337 e. The van der Waals surface area contributed by atoms with Gasteiger partial charge in [-0.15, -0.1) is 0 Å². The summed E-state index contributed by atoms with van der Waals surface area (Å²) in [4.78, 5) is 11.6. The van der Waals surface area contributed by atoms with Crippen LogP contribution in [0.15, 0.2) is 47.4 Å². The average molecular weight is 391 g/mol. The number of rotatable bonds is 5. The topological polar surface area (TPSA) is 90.9 Å². The van der Waals surface area contributed by atoms with E-state index in [2.05, 4.69) is 9.46 Å². The quantitative estimate of drug-likeness (QED) is 0.788. The average Bonchev–Trinajstić information content (AvgIpc) is 2.65. The van der Waals surface area contributed by atoms with E-state index in [0.29, 0.717) is 16.9 Å². The number of carbonyl (C=O) groups excluding carboxylic acids is 1. The van der Waals surface area contributed by atoms with Gasteiger partial charge in [0, 0.05) is 26.0 Å². The van der Waals surface area contributed by atoms with Crippen molar-refractivity contribution < 1.29 is 27.4 Å². The first-order valence-electron chi connectivity index (χ1n) is 8.33. The minimum absolute atomic E-state index is 0.0981. The number of sulfonamides is 1. The van der Waals surface area contributed by atoms with Gasteiger partial charge < -0.3 is 14.2 Å². The number of carbonyl (C=O) groups is 1. The first-order chi connectivity index (χ1) is 12.7. The van der Waals surface area contributed by atoms with E-state index >= 15 is 0 Å². The van der Waals surface area contributed by atoms with Crippen LogP contribution < -0.4 is 9.46 Å². The summed E-state index contributed by atoms with van der Waals surface area (Å²) in [5.74, 6) is -0.561. The third-order valence-electron chi connectivity index (χ3n) is 4.11. The lowest BCUT2D eigenvalue weighted by molar-refractivity contribution is -0.180. The van der Waals surface area contributed by atoms with Crippen LogP contribution in [0.5, 0.6) is 5.75 Å². The van der Waals surface area contributed by atoms with Gasteiger partial charge in [-0.3, -0.25) is 0 Å². The van der Waals surface area contributed by atoms with Crippen molar-refractivity contribution in [3.8, 4) is 5.75 Å². The van der Waals surface area contributed by atoms with Gasteiger partial charge in [-0.2, -0.15) is 0 Å². The molecule has 7 nitrogen and oxygen atoms in total. The number of hydrogen-bond acceptors (Lipinski definition) is 6. The summed E-state index contributed by atoms with van der Waals surface area (Å²) in [7, 11) is -2.40. The van der Waals surface area contributed by atoms with Crippen LogP contribution in [0.2, 0.25) is 0 Å². The number of ether oxygens (including phenoxy) is 3. The Morgan fingerprint density at radius 1 is 1.19 bits per heavy atom. The molecule has 144 valence electrons. The molecule has 0 aliphatic carbocycles. The molecule has 2 aromatic carbocycles. The van der Waals surface area contributed by atoms with Crippen LogP contribution in [0.4, 0.5) is 0 Å². The van der Waals surface area contributed by atoms with E-state index < -0.39 is 21.8 Å². The highest BCUT2D eigenvalue weighted by Crippen LogP contribution is 2.32. The van der Waals surface area contributed by atoms with Crippen molar-refractivity contribution in [1.29, 1.82) is 0 Å². The molecule has 1 aliphatic rings. The Morgan fingerprint density at radius 3 is 2.56 bits per heavy atom. The van der Waals surface area contributed by atoms with E-state index in [-0.39, 0.29) is 18.0 Å². The molecule has 1 aliphatic heterocycles. The van der Waals surface area contributed by atoms with Crippen LogP contribution >= 0.6 is 0 Å². The standard InChI is InChI=1S/C19H21NO6S/c1-19(2)25-12-15-10-16(8-9-17(15)26-19)27(22,23)20-11-13-4-6-14(7-5-13)18(21)24-3/h4-10,20H,11-12H2,1-3H3. The molecule has 1 N–H and O–H groups in total. The van der Waals surface area contributed by atoms with Crippen molar-refractivity contribution in [2.24, 2.45) is 0 Å². The van der Waals surface area contributed by atoms with Gasteiger partial charge in [0.1, 0.15) is 5.75 Å². The molecular formula is C19H21NO6S. The van der Waals surface area contributed by atoms with Gasteiger partial charge in [0.2, 0.25) is 15.8 Å². The highest BCUT2D eigenvalue weighted by molar-refractivity contribution is 7.89. The van der Waals surface area contributed by atoms with Crippen molar-refractivity contribution in [3.05, 3.63) is 59.2 Å². The summed E-state index contributed by atoms with van der Waals surface area (Å²) >= 11 is 0. The molecule has 0 fully saturated rings. The molecule has 0 spiro atoms. The number of hydrogen-bond donors (Lipinski definition) is 1. The van der Waals surface area contributed by atoms with Crippen LogP contribution in [0, 0.1) is 0 Å². The second-order valence-electron chi connectivity index (χ2n) is 6.57. The van der Waals surface area contributed by atoms with Crippen molar-refractivity contribution in [3.63, 3.8) is 0 Å². The lowest BCUT2D eigenvalue weighted by Crippen LogP contribution is -2.35. The van der Waals surface area contributed by atoms with Crippen LogP contribution in [0.25, 0.3) is 0 Å². The molecule has 1 heterocycles.